The zero-order chi connectivity index (χ0) is 21.1. The number of carbonyl (C=O) groups excluding carboxylic acids is 1. The van der Waals surface area contributed by atoms with E-state index in [1.54, 1.807) is 37.3 Å². The second kappa shape index (κ2) is 8.57. The van der Waals surface area contributed by atoms with E-state index >= 15 is 0 Å². The van der Waals surface area contributed by atoms with Crippen molar-refractivity contribution >= 4 is 32.9 Å². The Morgan fingerprint density at radius 1 is 1.28 bits per heavy atom. The number of aryl methyl sites for hydroxylation is 1. The zero-order valence-corrected chi connectivity index (χ0v) is 17.3. The van der Waals surface area contributed by atoms with Gasteiger partial charge >= 0.3 is 11.1 Å². The molecule has 1 amide bonds. The summed E-state index contributed by atoms with van der Waals surface area (Å²) in [5.74, 6) is -0.758. The Hall–Kier alpha value is -3.00. The lowest BCUT2D eigenvalue weighted by atomic mass is 10.1. The minimum atomic E-state index is -0.747. The molecule has 3 rings (SSSR count). The van der Waals surface area contributed by atoms with Gasteiger partial charge in [0.1, 0.15) is 5.82 Å². The Bertz CT molecular complexity index is 1220. The first-order valence-electron chi connectivity index (χ1n) is 8.96. The van der Waals surface area contributed by atoms with Crippen LogP contribution >= 0.6 is 15.9 Å². The van der Waals surface area contributed by atoms with Gasteiger partial charge in [0.25, 0.3) is 5.91 Å². The average Bonchev–Trinajstić information content (AvgIpc) is 2.70. The molecule has 2 aromatic carbocycles. The number of hydrogen-bond acceptors (Lipinski definition) is 3. The SMILES string of the molecule is C=CCN(Cc1cc(Br)ccc1F)C(=O)c1ccc2c(c1)[nH]c(=O)c(=O)n2CC. The Balaban J connectivity index is 2.01. The van der Waals surface area contributed by atoms with Crippen molar-refractivity contribution in [2.75, 3.05) is 6.54 Å². The lowest BCUT2D eigenvalue weighted by Crippen LogP contribution is -2.36. The molecule has 0 atom stereocenters. The molecule has 0 radical (unpaired) electrons. The molecule has 0 saturated heterocycles. The largest absolute Gasteiger partial charge is 0.330 e. The summed E-state index contributed by atoms with van der Waals surface area (Å²) in [6.45, 7) is 6.03. The topological polar surface area (TPSA) is 75.2 Å². The van der Waals surface area contributed by atoms with Crippen LogP contribution in [0.5, 0.6) is 0 Å². The first-order valence-corrected chi connectivity index (χ1v) is 9.76. The van der Waals surface area contributed by atoms with Crippen LogP contribution < -0.4 is 11.1 Å². The number of carbonyl (C=O) groups is 1. The fourth-order valence-corrected chi connectivity index (χ4v) is 3.56. The quantitative estimate of drug-likeness (QED) is 0.453. The van der Waals surface area contributed by atoms with Crippen LogP contribution in [-0.2, 0) is 13.1 Å². The summed E-state index contributed by atoms with van der Waals surface area (Å²) in [6, 6.07) is 9.28. The molecule has 3 aromatic rings. The van der Waals surface area contributed by atoms with Crippen LogP contribution in [0.15, 0.2) is 63.1 Å². The minimum absolute atomic E-state index is 0.0547. The molecule has 0 saturated carbocycles. The number of halogens is 2. The second-order valence-electron chi connectivity index (χ2n) is 6.45. The molecule has 1 aromatic heterocycles. The molecule has 0 fully saturated rings. The van der Waals surface area contributed by atoms with Crippen LogP contribution in [0.2, 0.25) is 0 Å². The Morgan fingerprint density at radius 3 is 2.72 bits per heavy atom. The predicted octanol–water partition coefficient (Wildman–Crippen LogP) is 3.44. The highest BCUT2D eigenvalue weighted by Gasteiger charge is 2.18. The van der Waals surface area contributed by atoms with Crippen molar-refractivity contribution in [2.24, 2.45) is 0 Å². The van der Waals surface area contributed by atoms with E-state index in [4.69, 9.17) is 0 Å². The molecule has 8 heteroatoms. The number of aromatic nitrogens is 2. The Labute approximate surface area is 174 Å². The summed E-state index contributed by atoms with van der Waals surface area (Å²) in [5, 5.41) is 0. The molecule has 29 heavy (non-hydrogen) atoms. The minimum Gasteiger partial charge on any atom is -0.330 e. The van der Waals surface area contributed by atoms with E-state index in [0.717, 1.165) is 0 Å². The van der Waals surface area contributed by atoms with Crippen LogP contribution in [-0.4, -0.2) is 26.9 Å². The maximum Gasteiger partial charge on any atom is 0.316 e. The third kappa shape index (κ3) is 4.22. The van der Waals surface area contributed by atoms with Crippen molar-refractivity contribution in [1.29, 1.82) is 0 Å². The molecule has 6 nitrogen and oxygen atoms in total. The standard InChI is InChI=1S/C21H19BrFN3O3/c1-3-9-25(12-14-10-15(22)6-7-16(14)23)20(28)13-5-8-18-17(11-13)24-19(27)21(29)26(18)4-2/h3,5-8,10-11H,1,4,9,12H2,2H3,(H,24,27). The lowest BCUT2D eigenvalue weighted by molar-refractivity contribution is 0.0761. The number of nitrogens with zero attached hydrogens (tertiary/aromatic N) is 2. The van der Waals surface area contributed by atoms with Gasteiger partial charge in [0.05, 0.1) is 11.0 Å². The number of rotatable bonds is 6. The molecule has 1 heterocycles. The summed E-state index contributed by atoms with van der Waals surface area (Å²) < 4.78 is 16.2. The molecular weight excluding hydrogens is 441 g/mol. The third-order valence-corrected chi connectivity index (χ3v) is 5.04. The summed E-state index contributed by atoms with van der Waals surface area (Å²) in [5.41, 5.74) is 0.201. The van der Waals surface area contributed by atoms with Crippen molar-refractivity contribution in [3.63, 3.8) is 0 Å². The monoisotopic (exact) mass is 459 g/mol. The van der Waals surface area contributed by atoms with Crippen molar-refractivity contribution in [2.45, 2.75) is 20.0 Å². The van der Waals surface area contributed by atoms with E-state index in [2.05, 4.69) is 27.5 Å². The van der Waals surface area contributed by atoms with E-state index in [0.29, 0.717) is 33.2 Å². The van der Waals surface area contributed by atoms with Crippen LogP contribution in [0.25, 0.3) is 11.0 Å². The van der Waals surface area contributed by atoms with Crippen molar-refractivity contribution in [3.05, 3.63) is 91.2 Å². The van der Waals surface area contributed by atoms with E-state index in [-0.39, 0.29) is 19.0 Å². The summed E-state index contributed by atoms with van der Waals surface area (Å²) in [6.07, 6.45) is 1.56. The maximum atomic E-state index is 14.2. The van der Waals surface area contributed by atoms with Gasteiger partial charge in [-0.05, 0) is 43.3 Å². The van der Waals surface area contributed by atoms with Gasteiger partial charge in [-0.25, -0.2) is 4.39 Å². The second-order valence-corrected chi connectivity index (χ2v) is 7.36. The van der Waals surface area contributed by atoms with Crippen molar-refractivity contribution in [1.82, 2.24) is 14.5 Å². The molecule has 0 bridgehead atoms. The summed E-state index contributed by atoms with van der Waals surface area (Å²) in [4.78, 5) is 40.9. The van der Waals surface area contributed by atoms with Gasteiger partial charge in [-0.15, -0.1) is 6.58 Å². The zero-order valence-electron chi connectivity index (χ0n) is 15.7. The van der Waals surface area contributed by atoms with Crippen molar-refractivity contribution < 1.29 is 9.18 Å². The number of amides is 1. The highest BCUT2D eigenvalue weighted by molar-refractivity contribution is 9.10. The lowest BCUT2D eigenvalue weighted by Gasteiger charge is -2.22. The number of hydrogen-bond donors (Lipinski definition) is 1. The molecular formula is C21H19BrFN3O3. The summed E-state index contributed by atoms with van der Waals surface area (Å²) >= 11 is 3.31. The normalized spacial score (nSPS) is 10.9. The molecule has 0 aliphatic carbocycles. The highest BCUT2D eigenvalue weighted by atomic mass is 79.9. The van der Waals surface area contributed by atoms with Gasteiger partial charge in [-0.2, -0.15) is 0 Å². The van der Waals surface area contributed by atoms with Crippen LogP contribution in [0.1, 0.15) is 22.8 Å². The van der Waals surface area contributed by atoms with Gasteiger partial charge in [-0.3, -0.25) is 14.4 Å². The molecule has 0 spiro atoms. The first-order chi connectivity index (χ1) is 13.8. The van der Waals surface area contributed by atoms with Gasteiger partial charge in [0.2, 0.25) is 0 Å². The fraction of sp³-hybridized carbons (Fsp3) is 0.190. The molecule has 0 unspecified atom stereocenters. The number of nitrogens with one attached hydrogen (secondary N) is 1. The Morgan fingerprint density at radius 2 is 2.03 bits per heavy atom. The van der Waals surface area contributed by atoms with Crippen LogP contribution in [0.4, 0.5) is 4.39 Å². The van der Waals surface area contributed by atoms with E-state index in [9.17, 15) is 18.8 Å². The fourth-order valence-electron chi connectivity index (χ4n) is 3.15. The average molecular weight is 460 g/mol. The molecule has 0 aliphatic rings. The number of benzene rings is 2. The number of aromatic amines is 1. The molecule has 1 N–H and O–H groups in total. The van der Waals surface area contributed by atoms with E-state index in [1.807, 2.05) is 0 Å². The first kappa shape index (κ1) is 20.7. The van der Waals surface area contributed by atoms with Gasteiger partial charge in [-0.1, -0.05) is 22.0 Å². The predicted molar refractivity (Wildman–Crippen MR) is 114 cm³/mol. The van der Waals surface area contributed by atoms with E-state index in [1.165, 1.54) is 21.6 Å². The van der Waals surface area contributed by atoms with Crippen molar-refractivity contribution in [3.8, 4) is 0 Å². The summed E-state index contributed by atoms with van der Waals surface area (Å²) in [7, 11) is 0. The number of H-pyrrole nitrogens is 1. The number of fused-ring (bicyclic) bond motifs is 1. The third-order valence-electron chi connectivity index (χ3n) is 4.54. The molecule has 150 valence electrons. The highest BCUT2D eigenvalue weighted by Crippen LogP contribution is 2.19. The smallest absolute Gasteiger partial charge is 0.316 e. The maximum absolute atomic E-state index is 14.2. The van der Waals surface area contributed by atoms with Crippen LogP contribution in [0.3, 0.4) is 0 Å². The van der Waals surface area contributed by atoms with Gasteiger partial charge in [0.15, 0.2) is 0 Å². The van der Waals surface area contributed by atoms with Crippen LogP contribution in [0, 0.1) is 5.82 Å². The molecule has 0 aliphatic heterocycles. The Kier molecular flexibility index (Phi) is 6.12. The van der Waals surface area contributed by atoms with Gasteiger partial charge < -0.3 is 14.5 Å². The van der Waals surface area contributed by atoms with E-state index < -0.39 is 16.9 Å². The van der Waals surface area contributed by atoms with Gasteiger partial charge in [0, 0.05) is 35.2 Å².